The standard InChI is InChI=1S/C19H21N3O3/c23-16-3-1-13(2-4-16)18(24)12-22-10-14-7-17(8-15(14)11-22)25-19-9-20-5-6-21-19/h1-6,9,14-15,17,23H,7-8,10-12H2. The monoisotopic (exact) mass is 339 g/mol. The van der Waals surface area contributed by atoms with Crippen molar-refractivity contribution in [2.75, 3.05) is 19.6 Å². The number of nitrogens with zero attached hydrogens (tertiary/aromatic N) is 3. The van der Waals surface area contributed by atoms with Gasteiger partial charge in [0.15, 0.2) is 5.78 Å². The van der Waals surface area contributed by atoms with Crippen LogP contribution in [-0.4, -0.2) is 51.5 Å². The van der Waals surface area contributed by atoms with Crippen LogP contribution >= 0.6 is 0 Å². The zero-order valence-electron chi connectivity index (χ0n) is 13.9. The van der Waals surface area contributed by atoms with E-state index in [4.69, 9.17) is 4.74 Å². The molecule has 6 nitrogen and oxygen atoms in total. The van der Waals surface area contributed by atoms with Gasteiger partial charge in [-0.1, -0.05) is 0 Å². The smallest absolute Gasteiger partial charge is 0.232 e. The van der Waals surface area contributed by atoms with E-state index in [2.05, 4.69) is 14.9 Å². The molecule has 2 unspecified atom stereocenters. The lowest BCUT2D eigenvalue weighted by atomic mass is 10.0. The fraction of sp³-hybridized carbons (Fsp3) is 0.421. The van der Waals surface area contributed by atoms with E-state index in [-0.39, 0.29) is 17.6 Å². The van der Waals surface area contributed by atoms with Gasteiger partial charge in [-0.15, -0.1) is 0 Å². The number of likely N-dealkylation sites (tertiary alicyclic amines) is 1. The van der Waals surface area contributed by atoms with E-state index < -0.39 is 0 Å². The van der Waals surface area contributed by atoms with Crippen LogP contribution in [0.4, 0.5) is 0 Å². The Morgan fingerprint density at radius 1 is 1.16 bits per heavy atom. The first-order valence-corrected chi connectivity index (χ1v) is 8.64. The highest BCUT2D eigenvalue weighted by Crippen LogP contribution is 2.39. The molecule has 1 saturated carbocycles. The summed E-state index contributed by atoms with van der Waals surface area (Å²) in [7, 11) is 0. The molecule has 0 amide bonds. The molecule has 2 aliphatic rings. The summed E-state index contributed by atoms with van der Waals surface area (Å²) in [4.78, 5) is 22.8. The van der Waals surface area contributed by atoms with Gasteiger partial charge in [-0.25, -0.2) is 4.98 Å². The normalized spacial score (nSPS) is 25.7. The number of carbonyl (C=O) groups is 1. The summed E-state index contributed by atoms with van der Waals surface area (Å²) in [5.41, 5.74) is 0.652. The summed E-state index contributed by atoms with van der Waals surface area (Å²) in [6.45, 7) is 2.32. The highest BCUT2D eigenvalue weighted by atomic mass is 16.5. The quantitative estimate of drug-likeness (QED) is 0.841. The van der Waals surface area contributed by atoms with Crippen LogP contribution in [0.5, 0.6) is 11.6 Å². The summed E-state index contributed by atoms with van der Waals surface area (Å²) in [6, 6.07) is 6.47. The Hall–Kier alpha value is -2.47. The van der Waals surface area contributed by atoms with Crippen molar-refractivity contribution in [1.29, 1.82) is 0 Å². The van der Waals surface area contributed by atoms with Crippen LogP contribution < -0.4 is 4.74 Å². The highest BCUT2D eigenvalue weighted by Gasteiger charge is 2.42. The minimum absolute atomic E-state index is 0.104. The minimum atomic E-state index is 0.104. The number of benzene rings is 1. The molecule has 25 heavy (non-hydrogen) atoms. The SMILES string of the molecule is O=C(CN1CC2CC(Oc3cnccn3)CC2C1)c1ccc(O)cc1. The van der Waals surface area contributed by atoms with Gasteiger partial charge in [-0.3, -0.25) is 14.7 Å². The number of ketones is 1. The third-order valence-corrected chi connectivity index (χ3v) is 5.17. The summed E-state index contributed by atoms with van der Waals surface area (Å²) in [5, 5.41) is 9.32. The summed E-state index contributed by atoms with van der Waals surface area (Å²) < 4.78 is 5.93. The lowest BCUT2D eigenvalue weighted by molar-refractivity contribution is 0.0936. The molecule has 130 valence electrons. The number of ether oxygens (including phenoxy) is 1. The van der Waals surface area contributed by atoms with Crippen molar-refractivity contribution in [1.82, 2.24) is 14.9 Å². The van der Waals surface area contributed by atoms with Crippen molar-refractivity contribution in [3.8, 4) is 11.6 Å². The summed E-state index contributed by atoms with van der Waals surface area (Å²) >= 11 is 0. The maximum atomic E-state index is 12.4. The van der Waals surface area contributed by atoms with Crippen molar-refractivity contribution < 1.29 is 14.6 Å². The van der Waals surface area contributed by atoms with Crippen LogP contribution in [0.1, 0.15) is 23.2 Å². The third-order valence-electron chi connectivity index (χ3n) is 5.17. The van der Waals surface area contributed by atoms with Crippen LogP contribution in [-0.2, 0) is 0 Å². The lowest BCUT2D eigenvalue weighted by Crippen LogP contribution is -2.30. The highest BCUT2D eigenvalue weighted by molar-refractivity contribution is 5.97. The van der Waals surface area contributed by atoms with E-state index in [0.717, 1.165) is 25.9 Å². The van der Waals surface area contributed by atoms with Gasteiger partial charge in [-0.2, -0.15) is 0 Å². The van der Waals surface area contributed by atoms with Crippen LogP contribution in [0.2, 0.25) is 0 Å². The Balaban J connectivity index is 1.29. The second-order valence-electron chi connectivity index (χ2n) is 6.94. The average molecular weight is 339 g/mol. The Labute approximate surface area is 146 Å². The van der Waals surface area contributed by atoms with Gasteiger partial charge >= 0.3 is 0 Å². The Morgan fingerprint density at radius 2 is 1.88 bits per heavy atom. The van der Waals surface area contributed by atoms with Gasteiger partial charge in [0.1, 0.15) is 11.9 Å². The van der Waals surface area contributed by atoms with Gasteiger partial charge in [0, 0.05) is 31.0 Å². The van der Waals surface area contributed by atoms with Crippen molar-refractivity contribution in [2.45, 2.75) is 18.9 Å². The molecule has 2 aromatic rings. The second kappa shape index (κ2) is 6.80. The lowest BCUT2D eigenvalue weighted by Gasteiger charge is -2.18. The number of aromatic nitrogens is 2. The zero-order valence-corrected chi connectivity index (χ0v) is 13.9. The molecule has 1 N–H and O–H groups in total. The van der Waals surface area contributed by atoms with E-state index in [1.807, 2.05) is 0 Å². The van der Waals surface area contributed by atoms with Gasteiger partial charge in [0.05, 0.1) is 12.7 Å². The maximum absolute atomic E-state index is 12.4. The average Bonchev–Trinajstić information content (AvgIpc) is 3.14. The van der Waals surface area contributed by atoms with E-state index in [1.54, 1.807) is 42.9 Å². The Kier molecular flexibility index (Phi) is 4.36. The molecule has 1 aliphatic carbocycles. The van der Waals surface area contributed by atoms with Crippen molar-refractivity contribution >= 4 is 5.78 Å². The molecule has 1 aliphatic heterocycles. The largest absolute Gasteiger partial charge is 0.508 e. The van der Waals surface area contributed by atoms with E-state index in [1.165, 1.54) is 0 Å². The summed E-state index contributed by atoms with van der Waals surface area (Å²) in [5.74, 6) is 2.03. The number of phenolic OH excluding ortho intramolecular Hbond substituents is 1. The number of hydrogen-bond acceptors (Lipinski definition) is 6. The Bertz CT molecular complexity index is 721. The minimum Gasteiger partial charge on any atom is -0.508 e. The molecule has 2 heterocycles. The van der Waals surface area contributed by atoms with Gasteiger partial charge in [-0.05, 0) is 48.9 Å². The van der Waals surface area contributed by atoms with Gasteiger partial charge < -0.3 is 9.84 Å². The van der Waals surface area contributed by atoms with E-state index in [9.17, 15) is 9.90 Å². The number of rotatable bonds is 5. The van der Waals surface area contributed by atoms with Crippen molar-refractivity contribution in [3.63, 3.8) is 0 Å². The maximum Gasteiger partial charge on any atom is 0.232 e. The molecular formula is C19H21N3O3. The molecule has 0 spiro atoms. The van der Waals surface area contributed by atoms with E-state index >= 15 is 0 Å². The predicted molar refractivity (Wildman–Crippen MR) is 91.5 cm³/mol. The summed E-state index contributed by atoms with van der Waals surface area (Å²) in [6.07, 6.45) is 7.13. The van der Waals surface area contributed by atoms with Crippen LogP contribution in [0.25, 0.3) is 0 Å². The molecule has 1 aromatic carbocycles. The molecule has 2 fully saturated rings. The molecule has 1 saturated heterocycles. The molecule has 1 aromatic heterocycles. The number of hydrogen-bond donors (Lipinski definition) is 1. The number of phenols is 1. The fourth-order valence-electron chi connectivity index (χ4n) is 4.03. The molecule has 6 heteroatoms. The molecule has 0 radical (unpaired) electrons. The molecule has 4 rings (SSSR count). The van der Waals surface area contributed by atoms with Crippen LogP contribution in [0.3, 0.4) is 0 Å². The van der Waals surface area contributed by atoms with Gasteiger partial charge in [0.25, 0.3) is 0 Å². The number of aromatic hydroxyl groups is 1. The second-order valence-corrected chi connectivity index (χ2v) is 6.94. The van der Waals surface area contributed by atoms with Crippen LogP contribution in [0, 0.1) is 11.8 Å². The van der Waals surface area contributed by atoms with Crippen LogP contribution in [0.15, 0.2) is 42.9 Å². The van der Waals surface area contributed by atoms with Crippen molar-refractivity contribution in [2.24, 2.45) is 11.8 Å². The number of fused-ring (bicyclic) bond motifs is 1. The Morgan fingerprint density at radius 3 is 2.52 bits per heavy atom. The fourth-order valence-corrected chi connectivity index (χ4v) is 4.03. The zero-order chi connectivity index (χ0) is 17.2. The molecule has 2 atom stereocenters. The third kappa shape index (κ3) is 3.64. The first-order chi connectivity index (χ1) is 12.2. The first-order valence-electron chi connectivity index (χ1n) is 8.64. The topological polar surface area (TPSA) is 75.6 Å². The molecular weight excluding hydrogens is 318 g/mol. The molecule has 0 bridgehead atoms. The predicted octanol–water partition coefficient (Wildman–Crippen LogP) is 2.15. The first kappa shape index (κ1) is 16.0. The van der Waals surface area contributed by atoms with Crippen molar-refractivity contribution in [3.05, 3.63) is 48.4 Å². The number of Topliss-reactive ketones (excluding diaryl/α,β-unsaturated/α-hetero) is 1. The number of carbonyl (C=O) groups excluding carboxylic acids is 1. The van der Waals surface area contributed by atoms with E-state index in [0.29, 0.717) is 29.8 Å². The van der Waals surface area contributed by atoms with Gasteiger partial charge in [0.2, 0.25) is 5.88 Å².